The van der Waals surface area contributed by atoms with Crippen molar-refractivity contribution in [1.82, 2.24) is 4.90 Å². The van der Waals surface area contributed by atoms with Gasteiger partial charge in [-0.1, -0.05) is 20.3 Å². The van der Waals surface area contributed by atoms with E-state index in [-0.39, 0.29) is 25.7 Å². The Bertz CT molecular complexity index is 256. The van der Waals surface area contributed by atoms with E-state index >= 15 is 0 Å². The van der Waals surface area contributed by atoms with Crippen LogP contribution in [0.15, 0.2) is 0 Å². The predicted octanol–water partition coefficient (Wildman–Crippen LogP) is -0.924. The fourth-order valence-corrected chi connectivity index (χ4v) is 1.95. The Morgan fingerprint density at radius 2 is 1.80 bits per heavy atom. The highest BCUT2D eigenvalue weighted by Crippen LogP contribution is 2.11. The van der Waals surface area contributed by atoms with E-state index < -0.39 is 7.12 Å². The van der Waals surface area contributed by atoms with Crippen LogP contribution in [0.2, 0.25) is 6.32 Å². The van der Waals surface area contributed by atoms with Crippen molar-refractivity contribution in [3.8, 4) is 0 Å². The largest absolute Gasteiger partial charge is 0.451 e. The minimum Gasteiger partial charge on any atom is -0.427 e. The lowest BCUT2D eigenvalue weighted by Crippen LogP contribution is -2.51. The second kappa shape index (κ2) is 13.2. The van der Waals surface area contributed by atoms with E-state index in [0.717, 1.165) is 45.3 Å². The number of nitrogens with two attached hydrogens (primary N) is 1. The van der Waals surface area contributed by atoms with Gasteiger partial charge in [-0.25, -0.2) is 0 Å². The van der Waals surface area contributed by atoms with Gasteiger partial charge in [-0.2, -0.15) is 9.59 Å². The lowest BCUT2D eigenvalue weighted by atomic mass is 9.83. The summed E-state index contributed by atoms with van der Waals surface area (Å²) in [6.07, 6.45) is 4.19. The van der Waals surface area contributed by atoms with Gasteiger partial charge in [0, 0.05) is 19.1 Å². The topological polar surface area (TPSA) is 124 Å². The molecule has 1 atom stereocenters. The molecule has 1 aliphatic rings. The van der Waals surface area contributed by atoms with Crippen LogP contribution < -0.4 is 5.73 Å². The average molecular weight is 290 g/mol. The molecule has 1 fully saturated rings. The monoisotopic (exact) mass is 290 g/mol. The summed E-state index contributed by atoms with van der Waals surface area (Å²) in [4.78, 5) is 18.4. The molecule has 1 saturated heterocycles. The SMILES string of the molecule is C.NC(CCCCB(O)O)CCN1CC(O)C1.O=C=O. The summed E-state index contributed by atoms with van der Waals surface area (Å²) in [6.45, 7) is 2.52. The molecule has 1 unspecified atom stereocenters. The first kappa shape index (κ1) is 21.5. The minimum atomic E-state index is -1.18. The van der Waals surface area contributed by atoms with Crippen LogP contribution in [-0.2, 0) is 9.59 Å². The van der Waals surface area contributed by atoms with Crippen molar-refractivity contribution in [2.75, 3.05) is 19.6 Å². The number of aliphatic hydroxyl groups excluding tert-OH is 1. The molecule has 1 heterocycles. The first-order chi connectivity index (χ1) is 8.99. The summed E-state index contributed by atoms with van der Waals surface area (Å²) < 4.78 is 0. The molecule has 8 heteroatoms. The van der Waals surface area contributed by atoms with Gasteiger partial charge in [-0.15, -0.1) is 0 Å². The molecule has 0 aliphatic carbocycles. The third-order valence-electron chi connectivity index (χ3n) is 3.04. The maximum atomic E-state index is 9.09. The zero-order valence-electron chi connectivity index (χ0n) is 11.1. The number of hydrogen-bond acceptors (Lipinski definition) is 7. The quantitative estimate of drug-likeness (QED) is 0.336. The summed E-state index contributed by atoms with van der Waals surface area (Å²) >= 11 is 0. The standard InChI is InChI=1S/C10H23BN2O3.CO2.CH4/c12-9(3-1-2-5-11(15)16)4-6-13-7-10(14)8-13;2-1-3;/h9-10,14-16H,1-8,12H2;;1H4. The van der Waals surface area contributed by atoms with Crippen molar-refractivity contribution >= 4 is 13.3 Å². The molecule has 118 valence electrons. The highest BCUT2D eigenvalue weighted by atomic mass is 16.4. The summed E-state index contributed by atoms with van der Waals surface area (Å²) in [5.41, 5.74) is 5.94. The molecule has 0 amide bonds. The number of hydrogen-bond donors (Lipinski definition) is 4. The van der Waals surface area contributed by atoms with Crippen LogP contribution in [0, 0.1) is 0 Å². The molecule has 0 aromatic rings. The van der Waals surface area contributed by atoms with Crippen molar-refractivity contribution in [1.29, 1.82) is 0 Å². The van der Waals surface area contributed by atoms with E-state index in [2.05, 4.69) is 4.90 Å². The van der Waals surface area contributed by atoms with Gasteiger partial charge in [-0.05, 0) is 25.7 Å². The number of nitrogens with zero attached hydrogens (tertiary/aromatic N) is 1. The zero-order valence-corrected chi connectivity index (χ0v) is 11.1. The molecular weight excluding hydrogens is 263 g/mol. The Morgan fingerprint density at radius 3 is 2.25 bits per heavy atom. The van der Waals surface area contributed by atoms with Crippen molar-refractivity contribution in [2.24, 2.45) is 5.73 Å². The fraction of sp³-hybridized carbons (Fsp3) is 0.917. The average Bonchev–Trinajstić information content (AvgIpc) is 2.29. The Labute approximate surface area is 120 Å². The number of rotatable bonds is 8. The van der Waals surface area contributed by atoms with E-state index in [1.165, 1.54) is 0 Å². The van der Waals surface area contributed by atoms with Crippen molar-refractivity contribution in [2.45, 2.75) is 51.6 Å². The lowest BCUT2D eigenvalue weighted by molar-refractivity contribution is -0.191. The van der Waals surface area contributed by atoms with E-state index in [9.17, 15) is 0 Å². The van der Waals surface area contributed by atoms with E-state index in [1.54, 1.807) is 0 Å². The normalized spacial score (nSPS) is 16.0. The van der Waals surface area contributed by atoms with E-state index in [0.29, 0.717) is 6.32 Å². The molecule has 5 N–H and O–H groups in total. The molecule has 0 saturated carbocycles. The summed E-state index contributed by atoms with van der Waals surface area (Å²) in [6, 6.07) is 0.188. The van der Waals surface area contributed by atoms with Gasteiger partial charge in [0.1, 0.15) is 0 Å². The highest BCUT2D eigenvalue weighted by molar-refractivity contribution is 6.40. The molecule has 0 aromatic carbocycles. The predicted molar refractivity (Wildman–Crippen MR) is 75.6 cm³/mol. The minimum absolute atomic E-state index is 0. The number of aliphatic hydroxyl groups is 1. The van der Waals surface area contributed by atoms with E-state index in [1.807, 2.05) is 0 Å². The first-order valence-corrected chi connectivity index (χ1v) is 6.51. The summed E-state index contributed by atoms with van der Waals surface area (Å²) in [7, 11) is -1.18. The van der Waals surface area contributed by atoms with Crippen LogP contribution in [-0.4, -0.2) is 65.1 Å². The second-order valence-corrected chi connectivity index (χ2v) is 4.81. The van der Waals surface area contributed by atoms with Crippen molar-refractivity contribution in [3.63, 3.8) is 0 Å². The van der Waals surface area contributed by atoms with Gasteiger partial charge in [0.25, 0.3) is 0 Å². The molecule has 0 aromatic heterocycles. The lowest BCUT2D eigenvalue weighted by Gasteiger charge is -2.36. The number of likely N-dealkylation sites (tertiary alicyclic amines) is 1. The van der Waals surface area contributed by atoms with E-state index in [4.69, 9.17) is 30.5 Å². The van der Waals surface area contributed by atoms with Gasteiger partial charge in [0.2, 0.25) is 0 Å². The highest BCUT2D eigenvalue weighted by Gasteiger charge is 2.23. The maximum absolute atomic E-state index is 9.09. The number of β-amino-alcohol motifs (C(OH)–C–C–N with tert-alkyl or cyclic N) is 1. The van der Waals surface area contributed by atoms with Gasteiger partial charge < -0.3 is 20.9 Å². The van der Waals surface area contributed by atoms with Gasteiger partial charge in [0.15, 0.2) is 0 Å². The Morgan fingerprint density at radius 1 is 1.25 bits per heavy atom. The molecule has 1 rings (SSSR count). The second-order valence-electron chi connectivity index (χ2n) is 4.81. The Balaban J connectivity index is 0. The third kappa shape index (κ3) is 12.3. The molecule has 0 spiro atoms. The maximum Gasteiger partial charge on any atom is 0.451 e. The molecule has 1 aliphatic heterocycles. The van der Waals surface area contributed by atoms with Crippen molar-refractivity contribution in [3.05, 3.63) is 0 Å². The van der Waals surface area contributed by atoms with Crippen LogP contribution in [0.4, 0.5) is 0 Å². The molecule has 0 radical (unpaired) electrons. The van der Waals surface area contributed by atoms with Gasteiger partial charge in [0.05, 0.1) is 6.10 Å². The number of unbranched alkanes of at least 4 members (excludes halogenated alkanes) is 1. The smallest absolute Gasteiger partial charge is 0.427 e. The van der Waals surface area contributed by atoms with Crippen LogP contribution in [0.5, 0.6) is 0 Å². The summed E-state index contributed by atoms with van der Waals surface area (Å²) in [5, 5.41) is 26.4. The van der Waals surface area contributed by atoms with Crippen LogP contribution >= 0.6 is 0 Å². The van der Waals surface area contributed by atoms with Crippen LogP contribution in [0.1, 0.15) is 33.1 Å². The Hall–Kier alpha value is -0.755. The summed E-state index contributed by atoms with van der Waals surface area (Å²) in [5.74, 6) is 0. The van der Waals surface area contributed by atoms with Gasteiger partial charge >= 0.3 is 13.3 Å². The third-order valence-corrected chi connectivity index (χ3v) is 3.04. The molecular formula is C12H27BN2O5. The van der Waals surface area contributed by atoms with Gasteiger partial charge in [-0.3, -0.25) is 4.90 Å². The molecule has 0 bridgehead atoms. The zero-order chi connectivity index (χ0) is 14.7. The van der Waals surface area contributed by atoms with Crippen LogP contribution in [0.25, 0.3) is 0 Å². The first-order valence-electron chi connectivity index (χ1n) is 6.51. The number of carbonyl (C=O) groups excluding carboxylic acids is 2. The molecule has 20 heavy (non-hydrogen) atoms. The van der Waals surface area contributed by atoms with Crippen molar-refractivity contribution < 1.29 is 24.7 Å². The fourth-order valence-electron chi connectivity index (χ4n) is 1.95. The Kier molecular flexibility index (Phi) is 14.3. The molecule has 7 nitrogen and oxygen atoms in total. The van der Waals surface area contributed by atoms with Crippen LogP contribution in [0.3, 0.4) is 0 Å².